The van der Waals surface area contributed by atoms with E-state index in [1.165, 1.54) is 14.2 Å². The fourth-order valence-electron chi connectivity index (χ4n) is 2.84. The molecule has 152 valence electrons. The van der Waals surface area contributed by atoms with Crippen molar-refractivity contribution >= 4 is 51.3 Å². The van der Waals surface area contributed by atoms with Crippen LogP contribution in [0.5, 0.6) is 11.5 Å². The van der Waals surface area contributed by atoms with Crippen LogP contribution < -0.4 is 15.0 Å². The molecule has 1 aromatic carbocycles. The summed E-state index contributed by atoms with van der Waals surface area (Å²) in [7, 11) is 3.03. The zero-order valence-corrected chi connectivity index (χ0v) is 17.9. The first-order valence-electron chi connectivity index (χ1n) is 8.69. The normalized spacial score (nSPS) is 11.2. The van der Waals surface area contributed by atoms with Gasteiger partial charge in [0.15, 0.2) is 11.5 Å². The topological polar surface area (TPSA) is 90.5 Å². The van der Waals surface area contributed by atoms with E-state index in [2.05, 4.69) is 9.97 Å². The number of halogens is 1. The Hall–Kier alpha value is -2.84. The number of methoxy groups -OCH3 is 2. The minimum Gasteiger partial charge on any atom is -0.493 e. The van der Waals surface area contributed by atoms with Crippen LogP contribution in [0.2, 0.25) is 5.02 Å². The van der Waals surface area contributed by atoms with Gasteiger partial charge >= 0.3 is 5.97 Å². The molecule has 0 bridgehead atoms. The molecule has 3 rings (SSSR count). The van der Waals surface area contributed by atoms with Gasteiger partial charge in [-0.05, 0) is 43.2 Å². The molecule has 9 heteroatoms. The summed E-state index contributed by atoms with van der Waals surface area (Å²) in [6.45, 7) is 3.70. The summed E-state index contributed by atoms with van der Waals surface area (Å²) in [4.78, 5) is 32.6. The SMILES string of the molecule is CCOC(=O)c1sc2nc(/C=C/c3cc(Cl)c(OC)c(OC)c3)[nH]c(=O)c2c1C. The number of aromatic amines is 1. The Labute approximate surface area is 175 Å². The fraction of sp³-hybridized carbons (Fsp3) is 0.250. The predicted octanol–water partition coefficient (Wildman–Crippen LogP) is 4.31. The Bertz CT molecular complexity index is 1170. The Balaban J connectivity index is 2.00. The molecule has 7 nitrogen and oxygen atoms in total. The molecule has 0 amide bonds. The molecule has 1 N–H and O–H groups in total. The third kappa shape index (κ3) is 4.13. The van der Waals surface area contributed by atoms with E-state index in [4.69, 9.17) is 25.8 Å². The fourth-order valence-corrected chi connectivity index (χ4v) is 4.22. The number of hydrogen-bond acceptors (Lipinski definition) is 7. The van der Waals surface area contributed by atoms with Gasteiger partial charge in [-0.1, -0.05) is 17.7 Å². The number of nitrogens with zero attached hydrogens (tertiary/aromatic N) is 1. The summed E-state index contributed by atoms with van der Waals surface area (Å²) >= 11 is 7.36. The first kappa shape index (κ1) is 20.9. The van der Waals surface area contributed by atoms with Gasteiger partial charge in [0.25, 0.3) is 5.56 Å². The van der Waals surface area contributed by atoms with Crippen molar-refractivity contribution in [3.63, 3.8) is 0 Å². The highest BCUT2D eigenvalue weighted by Gasteiger charge is 2.19. The van der Waals surface area contributed by atoms with Crippen LogP contribution in [-0.4, -0.2) is 36.8 Å². The van der Waals surface area contributed by atoms with E-state index in [1.54, 1.807) is 38.1 Å². The molecule has 0 saturated heterocycles. The maximum absolute atomic E-state index is 12.5. The Morgan fingerprint density at radius 3 is 2.69 bits per heavy atom. The number of H-pyrrole nitrogens is 1. The number of carbonyl (C=O) groups excluding carboxylic acids is 1. The number of aromatic nitrogens is 2. The van der Waals surface area contributed by atoms with Crippen LogP contribution in [0.25, 0.3) is 22.4 Å². The van der Waals surface area contributed by atoms with Crippen molar-refractivity contribution < 1.29 is 19.0 Å². The first-order chi connectivity index (χ1) is 13.9. The second-order valence-electron chi connectivity index (χ2n) is 5.98. The zero-order chi connectivity index (χ0) is 21.1. The number of ether oxygens (including phenoxy) is 3. The van der Waals surface area contributed by atoms with Gasteiger partial charge < -0.3 is 19.2 Å². The smallest absolute Gasteiger partial charge is 0.348 e. The van der Waals surface area contributed by atoms with Gasteiger partial charge in [-0.25, -0.2) is 9.78 Å². The maximum atomic E-state index is 12.5. The zero-order valence-electron chi connectivity index (χ0n) is 16.3. The van der Waals surface area contributed by atoms with E-state index in [0.29, 0.717) is 43.0 Å². The summed E-state index contributed by atoms with van der Waals surface area (Å²) in [5.74, 6) is 0.832. The standard InChI is InChI=1S/C20H19ClN2O5S/c1-5-28-20(25)17-10(2)15-18(24)22-14(23-19(15)29-17)7-6-11-8-12(21)16(27-4)13(9-11)26-3/h6-9H,5H2,1-4H3,(H,22,23,24)/b7-6+. The lowest BCUT2D eigenvalue weighted by molar-refractivity contribution is 0.0531. The number of fused-ring (bicyclic) bond motifs is 1. The van der Waals surface area contributed by atoms with Crippen molar-refractivity contribution in [2.45, 2.75) is 13.8 Å². The summed E-state index contributed by atoms with van der Waals surface area (Å²) in [5.41, 5.74) is 0.994. The quantitative estimate of drug-likeness (QED) is 0.581. The van der Waals surface area contributed by atoms with Crippen LogP contribution in [0.4, 0.5) is 0 Å². The Morgan fingerprint density at radius 2 is 2.03 bits per heavy atom. The lowest BCUT2D eigenvalue weighted by Gasteiger charge is -2.10. The highest BCUT2D eigenvalue weighted by atomic mass is 35.5. The van der Waals surface area contributed by atoms with E-state index < -0.39 is 5.97 Å². The average molecular weight is 435 g/mol. The molecule has 29 heavy (non-hydrogen) atoms. The Kier molecular flexibility index (Phi) is 6.24. The molecule has 0 aliphatic carbocycles. The van der Waals surface area contributed by atoms with Gasteiger partial charge in [-0.15, -0.1) is 11.3 Å². The number of hydrogen-bond donors (Lipinski definition) is 1. The van der Waals surface area contributed by atoms with Crippen LogP contribution >= 0.6 is 22.9 Å². The van der Waals surface area contributed by atoms with Gasteiger partial charge in [-0.2, -0.15) is 0 Å². The van der Waals surface area contributed by atoms with E-state index in [0.717, 1.165) is 16.9 Å². The molecule has 0 saturated carbocycles. The number of aryl methyl sites for hydroxylation is 1. The molecule has 2 heterocycles. The molecule has 0 fully saturated rings. The third-order valence-corrected chi connectivity index (χ3v) is 5.62. The molecule has 0 radical (unpaired) electrons. The van der Waals surface area contributed by atoms with Crippen molar-refractivity contribution in [3.05, 3.63) is 49.3 Å². The van der Waals surface area contributed by atoms with Crippen molar-refractivity contribution in [1.29, 1.82) is 0 Å². The van der Waals surface area contributed by atoms with Gasteiger partial charge in [0.2, 0.25) is 0 Å². The predicted molar refractivity (Wildman–Crippen MR) is 114 cm³/mol. The molecule has 0 unspecified atom stereocenters. The van der Waals surface area contributed by atoms with E-state index in [9.17, 15) is 9.59 Å². The summed E-state index contributed by atoms with van der Waals surface area (Å²) < 4.78 is 15.6. The average Bonchev–Trinajstić information content (AvgIpc) is 3.03. The van der Waals surface area contributed by atoms with Crippen LogP contribution in [-0.2, 0) is 4.74 Å². The van der Waals surface area contributed by atoms with Gasteiger partial charge in [-0.3, -0.25) is 4.79 Å². The van der Waals surface area contributed by atoms with Crippen LogP contribution in [0.15, 0.2) is 16.9 Å². The summed E-state index contributed by atoms with van der Waals surface area (Å²) in [5, 5.41) is 0.792. The lowest BCUT2D eigenvalue weighted by atomic mass is 10.2. The molecule has 3 aromatic rings. The maximum Gasteiger partial charge on any atom is 0.348 e. The second kappa shape index (κ2) is 8.67. The number of rotatable bonds is 6. The Morgan fingerprint density at radius 1 is 1.28 bits per heavy atom. The molecule has 0 aliphatic heterocycles. The molecular weight excluding hydrogens is 416 g/mol. The first-order valence-corrected chi connectivity index (χ1v) is 9.89. The van der Waals surface area contributed by atoms with Crippen molar-refractivity contribution in [1.82, 2.24) is 9.97 Å². The van der Waals surface area contributed by atoms with Gasteiger partial charge in [0.1, 0.15) is 15.5 Å². The largest absolute Gasteiger partial charge is 0.493 e. The number of thiophene rings is 1. The van der Waals surface area contributed by atoms with Crippen LogP contribution in [0, 0.1) is 6.92 Å². The number of carbonyl (C=O) groups is 1. The van der Waals surface area contributed by atoms with Crippen molar-refractivity contribution in [3.8, 4) is 11.5 Å². The van der Waals surface area contributed by atoms with E-state index in [-0.39, 0.29) is 12.2 Å². The van der Waals surface area contributed by atoms with Gasteiger partial charge in [0, 0.05) is 0 Å². The van der Waals surface area contributed by atoms with E-state index in [1.807, 2.05) is 0 Å². The van der Waals surface area contributed by atoms with Crippen LogP contribution in [0.3, 0.4) is 0 Å². The summed E-state index contributed by atoms with van der Waals surface area (Å²) in [6, 6.07) is 3.47. The minimum absolute atomic E-state index is 0.262. The van der Waals surface area contributed by atoms with Crippen LogP contribution in [0.1, 0.15) is 33.5 Å². The monoisotopic (exact) mass is 434 g/mol. The highest BCUT2D eigenvalue weighted by Crippen LogP contribution is 2.36. The minimum atomic E-state index is -0.454. The van der Waals surface area contributed by atoms with Crippen molar-refractivity contribution in [2.75, 3.05) is 20.8 Å². The molecular formula is C20H19ClN2O5S. The molecule has 0 aliphatic rings. The van der Waals surface area contributed by atoms with Gasteiger partial charge in [0.05, 0.1) is 31.2 Å². The lowest BCUT2D eigenvalue weighted by Crippen LogP contribution is -2.10. The van der Waals surface area contributed by atoms with Crippen molar-refractivity contribution in [2.24, 2.45) is 0 Å². The second-order valence-corrected chi connectivity index (χ2v) is 7.39. The molecule has 0 spiro atoms. The molecule has 2 aromatic heterocycles. The summed E-state index contributed by atoms with van der Waals surface area (Å²) in [6.07, 6.45) is 3.39. The number of benzene rings is 1. The molecule has 0 atom stereocenters. The number of nitrogens with one attached hydrogen (secondary N) is 1. The number of esters is 1. The van der Waals surface area contributed by atoms with E-state index >= 15 is 0 Å². The third-order valence-electron chi connectivity index (χ3n) is 4.17. The highest BCUT2D eigenvalue weighted by molar-refractivity contribution is 7.20.